The zero-order chi connectivity index (χ0) is 26.7. The first-order valence-electron chi connectivity index (χ1n) is 11.3. The molecular weight excluding hydrogens is 583 g/mol. The van der Waals surface area contributed by atoms with Crippen LogP contribution in [0.25, 0.3) is 10.9 Å². The van der Waals surface area contributed by atoms with Gasteiger partial charge in [-0.1, -0.05) is 59.0 Å². The maximum absolute atomic E-state index is 13.4. The number of fused-ring (bicyclic) bond motifs is 1. The van der Waals surface area contributed by atoms with E-state index in [1.54, 1.807) is 30.3 Å². The maximum Gasteiger partial charge on any atom is 0.282 e. The smallest absolute Gasteiger partial charge is 0.282 e. The second-order valence-electron chi connectivity index (χ2n) is 8.32. The quantitative estimate of drug-likeness (QED) is 0.119. The van der Waals surface area contributed by atoms with E-state index >= 15 is 0 Å². The lowest BCUT2D eigenvalue weighted by Crippen LogP contribution is -2.23. The first-order valence-corrected chi connectivity index (χ1v) is 12.8. The monoisotopic (exact) mass is 602 g/mol. The minimum atomic E-state index is -0.508. The molecule has 0 aliphatic rings. The van der Waals surface area contributed by atoms with Crippen LogP contribution < -0.4 is 10.3 Å². The summed E-state index contributed by atoms with van der Waals surface area (Å²) in [7, 11) is 0. The van der Waals surface area contributed by atoms with Crippen LogP contribution in [0.4, 0.5) is 5.69 Å². The van der Waals surface area contributed by atoms with Gasteiger partial charge in [0, 0.05) is 28.1 Å². The lowest BCUT2D eigenvalue weighted by Gasteiger charge is -2.14. The summed E-state index contributed by atoms with van der Waals surface area (Å²) in [6, 6.07) is 14.6. The molecule has 8 nitrogen and oxygen atoms in total. The molecule has 0 spiro atoms. The van der Waals surface area contributed by atoms with E-state index in [1.807, 2.05) is 19.9 Å². The van der Waals surface area contributed by atoms with Crippen LogP contribution in [0.3, 0.4) is 0 Å². The minimum Gasteiger partial charge on any atom is -0.488 e. The molecule has 0 fully saturated rings. The van der Waals surface area contributed by atoms with Crippen LogP contribution in [-0.2, 0) is 6.61 Å². The summed E-state index contributed by atoms with van der Waals surface area (Å²) in [5.41, 5.74) is 1.16. The normalized spacial score (nSPS) is 12.2. The Morgan fingerprint density at radius 3 is 2.65 bits per heavy atom. The molecule has 0 radical (unpaired) electrons. The highest BCUT2D eigenvalue weighted by Gasteiger charge is 2.17. The molecule has 0 bridgehead atoms. The van der Waals surface area contributed by atoms with E-state index in [2.05, 4.69) is 26.0 Å². The molecule has 0 aliphatic carbocycles. The summed E-state index contributed by atoms with van der Waals surface area (Å²) in [5.74, 6) is 0.769. The van der Waals surface area contributed by atoms with E-state index in [0.29, 0.717) is 38.1 Å². The van der Waals surface area contributed by atoms with E-state index in [-0.39, 0.29) is 23.8 Å². The van der Waals surface area contributed by atoms with Gasteiger partial charge in [-0.15, -0.1) is 0 Å². The summed E-state index contributed by atoms with van der Waals surface area (Å²) in [6.45, 7) is 4.09. The number of nitro groups is 1. The van der Waals surface area contributed by atoms with Crippen molar-refractivity contribution in [1.29, 1.82) is 0 Å². The summed E-state index contributed by atoms with van der Waals surface area (Å²) in [4.78, 5) is 29.0. The number of nitro benzene ring substituents is 1. The van der Waals surface area contributed by atoms with Gasteiger partial charge in [-0.2, -0.15) is 9.78 Å². The van der Waals surface area contributed by atoms with Gasteiger partial charge in [-0.05, 0) is 48.4 Å². The summed E-state index contributed by atoms with van der Waals surface area (Å²) in [5, 5.41) is 17.1. The molecule has 0 amide bonds. The van der Waals surface area contributed by atoms with Crippen molar-refractivity contribution in [2.45, 2.75) is 32.8 Å². The number of aromatic nitrogens is 2. The molecule has 0 aliphatic heterocycles. The number of benzene rings is 3. The molecule has 0 saturated carbocycles. The number of non-ortho nitro benzene ring substituents is 1. The molecule has 0 unspecified atom stereocenters. The molecule has 3 aromatic carbocycles. The Bertz CT molecular complexity index is 1590. The lowest BCUT2D eigenvalue weighted by molar-refractivity contribution is -0.384. The van der Waals surface area contributed by atoms with Crippen molar-refractivity contribution in [3.63, 3.8) is 0 Å². The summed E-state index contributed by atoms with van der Waals surface area (Å²) < 4.78 is 7.91. The summed E-state index contributed by atoms with van der Waals surface area (Å²) in [6.07, 6.45) is 2.11. The standard InChI is InChI=1S/C26H21BrCl2N4O4/c1-3-15(2)25-31-23-8-5-18(27)12-20(23)26(34)32(25)30-13-17-11-19(33(35)36)6-9-24(17)37-14-16-4-7-21(28)22(29)10-16/h4-13,15H,3,14H2,1-2H3/t15-/m1/s1. The fourth-order valence-electron chi connectivity index (χ4n) is 3.57. The Labute approximate surface area is 230 Å². The van der Waals surface area contributed by atoms with E-state index in [0.717, 1.165) is 16.5 Å². The van der Waals surface area contributed by atoms with Crippen LogP contribution >= 0.6 is 39.1 Å². The van der Waals surface area contributed by atoms with E-state index in [9.17, 15) is 14.9 Å². The average molecular weight is 604 g/mol. The third-order valence-electron chi connectivity index (χ3n) is 5.78. The van der Waals surface area contributed by atoms with Gasteiger partial charge in [0.1, 0.15) is 18.2 Å². The molecule has 4 aromatic rings. The van der Waals surface area contributed by atoms with Gasteiger partial charge in [0.2, 0.25) is 0 Å². The van der Waals surface area contributed by atoms with Crippen molar-refractivity contribution in [3.8, 4) is 5.75 Å². The minimum absolute atomic E-state index is 0.0617. The first kappa shape index (κ1) is 26.8. The van der Waals surface area contributed by atoms with E-state index in [1.165, 1.54) is 29.1 Å². The van der Waals surface area contributed by atoms with Crippen LogP contribution in [-0.4, -0.2) is 20.8 Å². The molecule has 11 heteroatoms. The zero-order valence-corrected chi connectivity index (χ0v) is 22.9. The predicted molar refractivity (Wildman–Crippen MR) is 149 cm³/mol. The number of halogens is 3. The van der Waals surface area contributed by atoms with E-state index in [4.69, 9.17) is 27.9 Å². The number of hydrogen-bond acceptors (Lipinski definition) is 6. The van der Waals surface area contributed by atoms with Gasteiger partial charge in [0.25, 0.3) is 11.2 Å². The van der Waals surface area contributed by atoms with Crippen LogP contribution in [0.15, 0.2) is 69.0 Å². The highest BCUT2D eigenvalue weighted by atomic mass is 79.9. The largest absolute Gasteiger partial charge is 0.488 e. The van der Waals surface area contributed by atoms with Crippen molar-refractivity contribution in [3.05, 3.63) is 107 Å². The fraction of sp³-hybridized carbons (Fsp3) is 0.192. The van der Waals surface area contributed by atoms with Crippen molar-refractivity contribution < 1.29 is 9.66 Å². The Kier molecular flexibility index (Phi) is 8.26. The molecule has 1 heterocycles. The van der Waals surface area contributed by atoms with Gasteiger partial charge in [-0.3, -0.25) is 14.9 Å². The van der Waals surface area contributed by atoms with Gasteiger partial charge in [-0.25, -0.2) is 4.98 Å². The van der Waals surface area contributed by atoms with Crippen molar-refractivity contribution >= 4 is 61.9 Å². The Morgan fingerprint density at radius 2 is 1.95 bits per heavy atom. The van der Waals surface area contributed by atoms with Gasteiger partial charge >= 0.3 is 0 Å². The fourth-order valence-corrected chi connectivity index (χ4v) is 4.25. The first-order chi connectivity index (χ1) is 17.7. The number of rotatable bonds is 8. The maximum atomic E-state index is 13.4. The molecule has 1 aromatic heterocycles. The Hall–Kier alpha value is -3.27. The molecule has 4 rings (SSSR count). The molecule has 190 valence electrons. The molecule has 0 saturated heterocycles. The number of nitrogens with zero attached hydrogens (tertiary/aromatic N) is 4. The second-order valence-corrected chi connectivity index (χ2v) is 10.0. The third kappa shape index (κ3) is 6.01. The number of ether oxygens (including phenoxy) is 1. The molecule has 0 N–H and O–H groups in total. The average Bonchev–Trinajstić information content (AvgIpc) is 2.88. The second kappa shape index (κ2) is 11.4. The molecule has 1 atom stereocenters. The van der Waals surface area contributed by atoms with Gasteiger partial charge in [0.05, 0.1) is 32.1 Å². The van der Waals surface area contributed by atoms with Crippen LogP contribution in [0.5, 0.6) is 5.75 Å². The van der Waals surface area contributed by atoms with Crippen LogP contribution in [0, 0.1) is 10.1 Å². The Balaban J connectivity index is 1.78. The van der Waals surface area contributed by atoms with Crippen LogP contribution in [0.1, 0.15) is 43.1 Å². The van der Waals surface area contributed by atoms with Crippen molar-refractivity contribution in [2.24, 2.45) is 5.10 Å². The SMILES string of the molecule is CC[C@@H](C)c1nc2ccc(Br)cc2c(=O)n1N=Cc1cc([N+](=O)[O-])ccc1OCc1ccc(Cl)c(Cl)c1. The van der Waals surface area contributed by atoms with Gasteiger partial charge in [0.15, 0.2) is 0 Å². The number of hydrogen-bond donors (Lipinski definition) is 0. The van der Waals surface area contributed by atoms with Crippen LogP contribution in [0.2, 0.25) is 10.0 Å². The Morgan fingerprint density at radius 1 is 1.16 bits per heavy atom. The van der Waals surface area contributed by atoms with Crippen molar-refractivity contribution in [2.75, 3.05) is 0 Å². The summed E-state index contributed by atoms with van der Waals surface area (Å²) >= 11 is 15.5. The highest BCUT2D eigenvalue weighted by molar-refractivity contribution is 9.10. The lowest BCUT2D eigenvalue weighted by atomic mass is 10.1. The van der Waals surface area contributed by atoms with Crippen molar-refractivity contribution in [1.82, 2.24) is 9.66 Å². The molecular formula is C26H21BrCl2N4O4. The predicted octanol–water partition coefficient (Wildman–Crippen LogP) is 7.35. The van der Waals surface area contributed by atoms with E-state index < -0.39 is 4.92 Å². The zero-order valence-electron chi connectivity index (χ0n) is 19.8. The molecule has 37 heavy (non-hydrogen) atoms. The third-order valence-corrected chi connectivity index (χ3v) is 7.01. The highest BCUT2D eigenvalue weighted by Crippen LogP contribution is 2.27. The van der Waals surface area contributed by atoms with Gasteiger partial charge < -0.3 is 4.74 Å². The topological polar surface area (TPSA) is 99.6 Å².